The maximum Gasteiger partial charge on any atom is 0.328 e. The molecular weight excluding hydrogens is 432 g/mol. The molecule has 14 heteroatoms. The summed E-state index contributed by atoms with van der Waals surface area (Å²) < 4.78 is 0. The standard InChI is InChI=1S/C18H28N4O10/c1-8(23)14(18(31)32)21-16(29)11-3-2-6-22(11)17(30)10(4-5-12(24)25)20-15(28)9(19)7-13(26)27/h8-11,14,23H,2-7,19H2,1H3,(H,20,28)(H,21,29)(H,24,25)(H,26,27)(H,31,32). The van der Waals surface area contributed by atoms with E-state index in [-0.39, 0.29) is 19.4 Å². The first-order chi connectivity index (χ1) is 14.8. The molecule has 0 aromatic rings. The summed E-state index contributed by atoms with van der Waals surface area (Å²) in [7, 11) is 0. The Morgan fingerprint density at radius 2 is 1.69 bits per heavy atom. The Bertz CT molecular complexity index is 756. The first-order valence-electron chi connectivity index (χ1n) is 9.86. The Morgan fingerprint density at radius 3 is 2.19 bits per heavy atom. The van der Waals surface area contributed by atoms with E-state index < -0.39 is 78.7 Å². The van der Waals surface area contributed by atoms with Gasteiger partial charge in [0.1, 0.15) is 12.1 Å². The summed E-state index contributed by atoms with van der Waals surface area (Å²) in [5, 5.41) is 40.8. The van der Waals surface area contributed by atoms with Gasteiger partial charge < -0.3 is 41.7 Å². The van der Waals surface area contributed by atoms with E-state index in [0.717, 1.165) is 4.90 Å². The van der Waals surface area contributed by atoms with E-state index in [0.29, 0.717) is 6.42 Å². The van der Waals surface area contributed by atoms with Gasteiger partial charge in [-0.25, -0.2) is 4.79 Å². The fraction of sp³-hybridized carbons (Fsp3) is 0.667. The zero-order valence-electron chi connectivity index (χ0n) is 17.4. The van der Waals surface area contributed by atoms with Gasteiger partial charge in [-0.2, -0.15) is 0 Å². The molecule has 0 radical (unpaired) electrons. The van der Waals surface area contributed by atoms with Gasteiger partial charge in [-0.3, -0.25) is 24.0 Å². The molecule has 5 unspecified atom stereocenters. The van der Waals surface area contributed by atoms with Crippen molar-refractivity contribution in [2.24, 2.45) is 5.73 Å². The molecule has 1 aliphatic rings. The highest BCUT2D eigenvalue weighted by atomic mass is 16.4. The number of carboxylic acids is 3. The number of carbonyl (C=O) groups excluding carboxylic acids is 3. The highest BCUT2D eigenvalue weighted by Gasteiger charge is 2.39. The first kappa shape index (κ1) is 26.8. The number of nitrogens with zero attached hydrogens (tertiary/aromatic N) is 1. The Morgan fingerprint density at radius 1 is 1.06 bits per heavy atom. The predicted molar refractivity (Wildman–Crippen MR) is 105 cm³/mol. The van der Waals surface area contributed by atoms with Gasteiger partial charge in [0.2, 0.25) is 17.7 Å². The van der Waals surface area contributed by atoms with E-state index in [1.165, 1.54) is 6.92 Å². The monoisotopic (exact) mass is 460 g/mol. The Kier molecular flexibility index (Phi) is 10.00. The van der Waals surface area contributed by atoms with Crippen LogP contribution in [0.15, 0.2) is 0 Å². The summed E-state index contributed by atoms with van der Waals surface area (Å²) in [6, 6.07) is -5.57. The maximum absolute atomic E-state index is 13.0. The van der Waals surface area contributed by atoms with Crippen molar-refractivity contribution >= 4 is 35.6 Å². The molecule has 0 bridgehead atoms. The van der Waals surface area contributed by atoms with Crippen molar-refractivity contribution in [2.75, 3.05) is 6.54 Å². The topological polar surface area (TPSA) is 237 Å². The molecule has 0 aromatic carbocycles. The van der Waals surface area contributed by atoms with Crippen LogP contribution in [-0.4, -0.2) is 97.8 Å². The van der Waals surface area contributed by atoms with Gasteiger partial charge in [-0.1, -0.05) is 0 Å². The fourth-order valence-electron chi connectivity index (χ4n) is 3.23. The van der Waals surface area contributed by atoms with Crippen LogP contribution < -0.4 is 16.4 Å². The van der Waals surface area contributed by atoms with Crippen LogP contribution in [0.1, 0.15) is 39.0 Å². The van der Waals surface area contributed by atoms with Gasteiger partial charge in [-0.15, -0.1) is 0 Å². The van der Waals surface area contributed by atoms with E-state index in [1.807, 2.05) is 0 Å². The zero-order chi connectivity index (χ0) is 24.6. The first-order valence-corrected chi connectivity index (χ1v) is 9.86. The highest BCUT2D eigenvalue weighted by Crippen LogP contribution is 2.20. The fourth-order valence-corrected chi connectivity index (χ4v) is 3.23. The normalized spacial score (nSPS) is 19.3. The second-order valence-electron chi connectivity index (χ2n) is 7.45. The van der Waals surface area contributed by atoms with Crippen molar-refractivity contribution < 1.29 is 49.2 Å². The lowest BCUT2D eigenvalue weighted by atomic mass is 10.1. The number of aliphatic hydroxyl groups is 1. The summed E-state index contributed by atoms with van der Waals surface area (Å²) in [4.78, 5) is 71.8. The number of amides is 3. The lowest BCUT2D eigenvalue weighted by molar-refractivity contribution is -0.147. The van der Waals surface area contributed by atoms with Crippen molar-refractivity contribution in [1.82, 2.24) is 15.5 Å². The number of carbonyl (C=O) groups is 6. The van der Waals surface area contributed by atoms with Crippen LogP contribution in [-0.2, 0) is 28.8 Å². The highest BCUT2D eigenvalue weighted by molar-refractivity contribution is 5.95. The summed E-state index contributed by atoms with van der Waals surface area (Å²) in [5.41, 5.74) is 5.49. The molecule has 1 fully saturated rings. The quantitative estimate of drug-likeness (QED) is 0.156. The zero-order valence-corrected chi connectivity index (χ0v) is 17.4. The molecule has 3 amide bonds. The number of aliphatic hydroxyl groups excluding tert-OH is 1. The molecular formula is C18H28N4O10. The smallest absolute Gasteiger partial charge is 0.328 e. The number of rotatable bonds is 12. The molecule has 32 heavy (non-hydrogen) atoms. The second kappa shape index (κ2) is 12.0. The van der Waals surface area contributed by atoms with Gasteiger partial charge >= 0.3 is 17.9 Å². The van der Waals surface area contributed by atoms with Gasteiger partial charge in [-0.05, 0) is 26.2 Å². The molecule has 1 aliphatic heterocycles. The molecule has 0 saturated carbocycles. The van der Waals surface area contributed by atoms with Crippen molar-refractivity contribution in [2.45, 2.75) is 69.3 Å². The average Bonchev–Trinajstić information content (AvgIpc) is 3.17. The molecule has 0 spiro atoms. The lowest BCUT2D eigenvalue weighted by Gasteiger charge is -2.30. The summed E-state index contributed by atoms with van der Waals surface area (Å²) in [6.07, 6.45) is -2.39. The average molecular weight is 460 g/mol. The van der Waals surface area contributed by atoms with E-state index >= 15 is 0 Å². The van der Waals surface area contributed by atoms with Crippen LogP contribution in [0.3, 0.4) is 0 Å². The van der Waals surface area contributed by atoms with Crippen LogP contribution in [0.2, 0.25) is 0 Å². The largest absolute Gasteiger partial charge is 0.481 e. The third kappa shape index (κ3) is 7.77. The van der Waals surface area contributed by atoms with Gasteiger partial charge in [0.05, 0.1) is 18.6 Å². The number of likely N-dealkylation sites (tertiary alicyclic amines) is 1. The number of hydrogen-bond acceptors (Lipinski definition) is 8. The molecule has 0 aromatic heterocycles. The van der Waals surface area contributed by atoms with Gasteiger partial charge in [0, 0.05) is 13.0 Å². The molecule has 5 atom stereocenters. The number of nitrogens with one attached hydrogen (secondary N) is 2. The van der Waals surface area contributed by atoms with E-state index in [9.17, 15) is 33.9 Å². The molecule has 1 saturated heterocycles. The third-order valence-corrected chi connectivity index (χ3v) is 4.88. The Labute approximate surface area is 182 Å². The minimum Gasteiger partial charge on any atom is -0.481 e. The van der Waals surface area contributed by atoms with Crippen LogP contribution >= 0.6 is 0 Å². The van der Waals surface area contributed by atoms with Crippen LogP contribution in [0.25, 0.3) is 0 Å². The number of nitrogens with two attached hydrogens (primary N) is 1. The lowest BCUT2D eigenvalue weighted by Crippen LogP contribution is -2.58. The Balaban J connectivity index is 2.99. The minimum atomic E-state index is -1.60. The summed E-state index contributed by atoms with van der Waals surface area (Å²) in [6.45, 7) is 1.26. The predicted octanol–water partition coefficient (Wildman–Crippen LogP) is -2.92. The third-order valence-electron chi connectivity index (χ3n) is 4.88. The number of aliphatic carboxylic acids is 3. The van der Waals surface area contributed by atoms with Crippen molar-refractivity contribution in [3.05, 3.63) is 0 Å². The molecule has 8 N–H and O–H groups in total. The van der Waals surface area contributed by atoms with Gasteiger partial charge in [0.15, 0.2) is 6.04 Å². The molecule has 0 aliphatic carbocycles. The summed E-state index contributed by atoms with van der Waals surface area (Å²) in [5.74, 6) is -6.65. The van der Waals surface area contributed by atoms with E-state index in [4.69, 9.17) is 21.1 Å². The van der Waals surface area contributed by atoms with Crippen molar-refractivity contribution in [3.8, 4) is 0 Å². The maximum atomic E-state index is 13.0. The van der Waals surface area contributed by atoms with Crippen molar-refractivity contribution in [3.63, 3.8) is 0 Å². The molecule has 1 heterocycles. The second-order valence-corrected chi connectivity index (χ2v) is 7.45. The van der Waals surface area contributed by atoms with Crippen LogP contribution in [0.5, 0.6) is 0 Å². The Hall–Kier alpha value is -3.26. The molecule has 180 valence electrons. The number of carboxylic acid groups (broad SMARTS) is 3. The minimum absolute atomic E-state index is 0.0873. The van der Waals surface area contributed by atoms with Crippen LogP contribution in [0, 0.1) is 0 Å². The molecule has 14 nitrogen and oxygen atoms in total. The SMILES string of the molecule is CC(O)C(NC(=O)C1CCCN1C(=O)C(CCC(=O)O)NC(=O)C(N)CC(=O)O)C(=O)O. The van der Waals surface area contributed by atoms with E-state index in [1.54, 1.807) is 0 Å². The summed E-state index contributed by atoms with van der Waals surface area (Å²) >= 11 is 0. The van der Waals surface area contributed by atoms with Crippen molar-refractivity contribution in [1.29, 1.82) is 0 Å². The van der Waals surface area contributed by atoms with Crippen LogP contribution in [0.4, 0.5) is 0 Å². The molecule has 1 rings (SSSR count). The van der Waals surface area contributed by atoms with E-state index in [2.05, 4.69) is 10.6 Å². The van der Waals surface area contributed by atoms with Gasteiger partial charge in [0.25, 0.3) is 0 Å². The number of hydrogen-bond donors (Lipinski definition) is 7.